The number of likely N-dealkylation sites (tertiary alicyclic amines) is 1. The Morgan fingerprint density at radius 3 is 2.56 bits per heavy atom. The Labute approximate surface area is 240 Å². The maximum Gasteiger partial charge on any atom is 0.250 e. The second-order valence-electron chi connectivity index (χ2n) is 10.5. The first-order chi connectivity index (χ1) is 19.8. The highest BCUT2D eigenvalue weighted by Gasteiger charge is 2.33. The molecule has 0 unspecified atom stereocenters. The van der Waals surface area contributed by atoms with Crippen molar-refractivity contribution in [1.82, 2.24) is 25.4 Å². The van der Waals surface area contributed by atoms with Crippen LogP contribution in [0, 0.1) is 0 Å². The second-order valence-corrected chi connectivity index (χ2v) is 10.5. The molecule has 0 radical (unpaired) electrons. The van der Waals surface area contributed by atoms with Crippen LogP contribution in [-0.2, 0) is 13.0 Å². The number of piperidine rings is 1. The number of pyridine rings is 1. The van der Waals surface area contributed by atoms with Crippen LogP contribution in [0.2, 0.25) is 0 Å². The van der Waals surface area contributed by atoms with E-state index in [0.717, 1.165) is 51.0 Å². The van der Waals surface area contributed by atoms with E-state index < -0.39 is 5.92 Å². The van der Waals surface area contributed by atoms with Crippen LogP contribution in [0.3, 0.4) is 0 Å². The highest BCUT2D eigenvalue weighted by atomic mass is 19.3. The van der Waals surface area contributed by atoms with Crippen molar-refractivity contribution in [3.8, 4) is 11.1 Å². The van der Waals surface area contributed by atoms with E-state index in [9.17, 15) is 8.78 Å². The molecule has 1 aliphatic rings. The minimum absolute atomic E-state index is 0.0926. The van der Waals surface area contributed by atoms with E-state index in [2.05, 4.69) is 68.9 Å². The third kappa shape index (κ3) is 7.05. The zero-order valence-electron chi connectivity index (χ0n) is 23.3. The molecule has 0 amide bonds. The van der Waals surface area contributed by atoms with Crippen LogP contribution < -0.4 is 5.32 Å². The number of allylic oxidation sites excluding steroid dienone is 4. The molecule has 0 atom stereocenters. The van der Waals surface area contributed by atoms with Gasteiger partial charge in [0, 0.05) is 61.5 Å². The first-order valence-electron chi connectivity index (χ1n) is 13.9. The molecule has 5 nitrogen and oxygen atoms in total. The van der Waals surface area contributed by atoms with Gasteiger partial charge < -0.3 is 5.32 Å². The zero-order valence-corrected chi connectivity index (χ0v) is 23.3. The molecule has 4 aromatic rings. The van der Waals surface area contributed by atoms with E-state index >= 15 is 0 Å². The number of benzene rings is 2. The van der Waals surface area contributed by atoms with Gasteiger partial charge in [-0.25, -0.2) is 8.78 Å². The molecule has 3 heterocycles. The Morgan fingerprint density at radius 1 is 1.05 bits per heavy atom. The van der Waals surface area contributed by atoms with Gasteiger partial charge in [-0.15, -0.1) is 0 Å². The lowest BCUT2D eigenvalue weighted by Crippen LogP contribution is -2.38. The van der Waals surface area contributed by atoms with E-state index in [1.165, 1.54) is 5.56 Å². The summed E-state index contributed by atoms with van der Waals surface area (Å²) in [4.78, 5) is 6.51. The average molecular weight is 552 g/mol. The van der Waals surface area contributed by atoms with Crippen molar-refractivity contribution in [3.05, 3.63) is 126 Å². The topological polar surface area (TPSA) is 56.8 Å². The molecular formula is C34H35F2N5. The minimum Gasteiger partial charge on any atom is -0.354 e. The van der Waals surface area contributed by atoms with Crippen LogP contribution in [0.15, 0.2) is 110 Å². The van der Waals surface area contributed by atoms with Crippen LogP contribution >= 0.6 is 0 Å². The minimum atomic E-state index is -2.55. The van der Waals surface area contributed by atoms with Gasteiger partial charge in [0.05, 0.1) is 11.2 Å². The summed E-state index contributed by atoms with van der Waals surface area (Å²) >= 11 is 0. The third-order valence-corrected chi connectivity index (χ3v) is 7.43. The van der Waals surface area contributed by atoms with Crippen molar-refractivity contribution in [3.63, 3.8) is 0 Å². The third-order valence-electron chi connectivity index (χ3n) is 7.43. The molecule has 2 N–H and O–H groups in total. The monoisotopic (exact) mass is 551 g/mol. The van der Waals surface area contributed by atoms with Crippen LogP contribution in [0.1, 0.15) is 36.6 Å². The Kier molecular flexibility index (Phi) is 8.55. The molecule has 7 heteroatoms. The number of hydrogen-bond acceptors (Lipinski definition) is 4. The Bertz CT molecular complexity index is 1590. The summed E-state index contributed by atoms with van der Waals surface area (Å²) in [5.74, 6) is -2.55. The van der Waals surface area contributed by atoms with Crippen molar-refractivity contribution in [1.29, 1.82) is 0 Å². The smallest absolute Gasteiger partial charge is 0.250 e. The molecule has 0 saturated carbocycles. The van der Waals surface area contributed by atoms with E-state index in [1.807, 2.05) is 61.8 Å². The first-order valence-corrected chi connectivity index (χ1v) is 13.9. The summed E-state index contributed by atoms with van der Waals surface area (Å²) < 4.78 is 27.1. The molecule has 5 rings (SSSR count). The standard InChI is InChI=1S/C34H35F2N5/c1-4-25(17-26-9-7-6-8-10-26)19-30(5-2)38-24(3)33-31-20-28(11-12-32(31)39-40-33)29-18-27(21-37-22-29)23-41-15-13-34(35,36)14-16-41/h4-12,18-22,38H,1,3,13-17,23H2,2H3,(H,39,40)/b25-19+,30-5+. The number of aromatic amines is 1. The summed E-state index contributed by atoms with van der Waals surface area (Å²) in [7, 11) is 0. The quantitative estimate of drug-likeness (QED) is 0.199. The number of alkyl halides is 2. The number of nitrogens with one attached hydrogen (secondary N) is 2. The summed E-state index contributed by atoms with van der Waals surface area (Å²) in [6, 6.07) is 18.5. The number of nitrogens with zero attached hydrogens (tertiary/aromatic N) is 3. The average Bonchev–Trinajstić information content (AvgIpc) is 3.41. The van der Waals surface area contributed by atoms with Crippen LogP contribution in [0.4, 0.5) is 8.78 Å². The van der Waals surface area contributed by atoms with E-state index in [-0.39, 0.29) is 12.8 Å². The molecule has 0 aliphatic carbocycles. The molecule has 1 fully saturated rings. The molecule has 1 saturated heterocycles. The molecule has 0 bridgehead atoms. The zero-order chi connectivity index (χ0) is 28.8. The summed E-state index contributed by atoms with van der Waals surface area (Å²) in [5.41, 5.74) is 8.48. The van der Waals surface area contributed by atoms with Crippen molar-refractivity contribution < 1.29 is 8.78 Å². The number of hydrogen-bond donors (Lipinski definition) is 2. The van der Waals surface area contributed by atoms with E-state index in [1.54, 1.807) is 0 Å². The molecular weight excluding hydrogens is 516 g/mol. The van der Waals surface area contributed by atoms with Gasteiger partial charge in [0.1, 0.15) is 5.69 Å². The SMILES string of the molecule is C=C/C(=C\C(=C/C)NC(=C)c1n[nH]c2ccc(-c3cncc(CN4CCC(F)(F)CC4)c3)cc12)Cc1ccccc1. The predicted molar refractivity (Wildman–Crippen MR) is 163 cm³/mol. The largest absolute Gasteiger partial charge is 0.354 e. The fourth-order valence-corrected chi connectivity index (χ4v) is 5.09. The van der Waals surface area contributed by atoms with Gasteiger partial charge in [0.15, 0.2) is 0 Å². The molecule has 210 valence electrons. The van der Waals surface area contributed by atoms with Crippen molar-refractivity contribution >= 4 is 16.6 Å². The van der Waals surface area contributed by atoms with Gasteiger partial charge in [0.25, 0.3) is 5.92 Å². The van der Waals surface area contributed by atoms with Crippen LogP contribution in [-0.4, -0.2) is 39.1 Å². The summed E-state index contributed by atoms with van der Waals surface area (Å²) in [5, 5.41) is 12.0. The van der Waals surface area contributed by atoms with Crippen LogP contribution in [0.5, 0.6) is 0 Å². The van der Waals surface area contributed by atoms with Gasteiger partial charge in [-0.05, 0) is 59.9 Å². The normalized spacial score (nSPS) is 16.1. The second kappa shape index (κ2) is 12.4. The molecule has 41 heavy (non-hydrogen) atoms. The van der Waals surface area contributed by atoms with Crippen LogP contribution in [0.25, 0.3) is 27.7 Å². The summed E-state index contributed by atoms with van der Waals surface area (Å²) in [6.45, 7) is 11.6. The number of halogens is 2. The van der Waals surface area contributed by atoms with E-state index in [0.29, 0.717) is 25.3 Å². The van der Waals surface area contributed by atoms with Crippen molar-refractivity contribution in [2.45, 2.75) is 38.7 Å². The van der Waals surface area contributed by atoms with E-state index in [4.69, 9.17) is 0 Å². The van der Waals surface area contributed by atoms with Crippen molar-refractivity contribution in [2.75, 3.05) is 13.1 Å². The first kappa shape index (κ1) is 28.2. The Hall–Kier alpha value is -4.36. The maximum atomic E-state index is 13.6. The highest BCUT2D eigenvalue weighted by molar-refractivity contribution is 5.93. The molecule has 0 spiro atoms. The van der Waals surface area contributed by atoms with Gasteiger partial charge in [0.2, 0.25) is 0 Å². The number of aromatic nitrogens is 3. The van der Waals surface area contributed by atoms with Gasteiger partial charge in [-0.3, -0.25) is 15.0 Å². The lowest BCUT2D eigenvalue weighted by atomic mass is 10.0. The molecule has 1 aliphatic heterocycles. The predicted octanol–water partition coefficient (Wildman–Crippen LogP) is 7.68. The fraction of sp³-hybridized carbons (Fsp3) is 0.235. The van der Waals surface area contributed by atoms with Gasteiger partial charge in [-0.1, -0.05) is 61.7 Å². The molecule has 2 aromatic heterocycles. The van der Waals surface area contributed by atoms with Crippen molar-refractivity contribution in [2.24, 2.45) is 0 Å². The molecule has 2 aromatic carbocycles. The summed E-state index contributed by atoms with van der Waals surface area (Å²) in [6.07, 6.45) is 10.2. The maximum absolute atomic E-state index is 13.6. The lowest BCUT2D eigenvalue weighted by molar-refractivity contribution is -0.0566. The Morgan fingerprint density at radius 2 is 1.83 bits per heavy atom. The highest BCUT2D eigenvalue weighted by Crippen LogP contribution is 2.30. The van der Waals surface area contributed by atoms with Gasteiger partial charge >= 0.3 is 0 Å². The van der Waals surface area contributed by atoms with Gasteiger partial charge in [-0.2, -0.15) is 5.10 Å². The number of rotatable bonds is 10. The lowest BCUT2D eigenvalue weighted by Gasteiger charge is -2.31. The number of fused-ring (bicyclic) bond motifs is 1. The number of H-pyrrole nitrogens is 1. The fourth-order valence-electron chi connectivity index (χ4n) is 5.09. The Balaban J connectivity index is 1.33.